The number of fused-ring (bicyclic) bond motifs is 6. The number of ether oxygens (including phenoxy) is 1. The van der Waals surface area contributed by atoms with Gasteiger partial charge < -0.3 is 4.74 Å². The maximum atomic E-state index is 14.5. The summed E-state index contributed by atoms with van der Waals surface area (Å²) in [5.41, 5.74) is -1.42. The van der Waals surface area contributed by atoms with Gasteiger partial charge in [-0.15, -0.1) is 0 Å². The molecule has 5 rings (SSSR count). The average Bonchev–Trinajstić information content (AvgIpc) is 2.85. The van der Waals surface area contributed by atoms with Crippen molar-refractivity contribution >= 4 is 0 Å². The second-order valence-electron chi connectivity index (χ2n) is 7.37. The molecule has 2 fully saturated rings. The molecule has 1 aliphatic heterocycles. The van der Waals surface area contributed by atoms with Gasteiger partial charge in [0.05, 0.1) is 5.60 Å². The second-order valence-corrected chi connectivity index (χ2v) is 7.37. The molecule has 1 aromatic rings. The lowest BCUT2D eigenvalue weighted by atomic mass is 9.73. The molecule has 4 aliphatic rings. The molecule has 1 nitrogen and oxygen atoms in total. The van der Waals surface area contributed by atoms with Crippen LogP contribution in [0.1, 0.15) is 36.8 Å². The first kappa shape index (κ1) is 13.8. The highest BCUT2D eigenvalue weighted by molar-refractivity contribution is 5.58. The number of hydrogen-bond acceptors (Lipinski definition) is 1. The van der Waals surface area contributed by atoms with Gasteiger partial charge in [0.25, 0.3) is 0 Å². The topological polar surface area (TPSA) is 12.5 Å². The van der Waals surface area contributed by atoms with Gasteiger partial charge in [-0.05, 0) is 25.7 Å². The van der Waals surface area contributed by atoms with E-state index in [-0.39, 0.29) is 23.0 Å². The highest BCUT2D eigenvalue weighted by Gasteiger charge is 2.82. The number of halogens is 4. The minimum atomic E-state index is -1.73. The van der Waals surface area contributed by atoms with Gasteiger partial charge in [-0.25, -0.2) is 17.6 Å². The Morgan fingerprint density at radius 2 is 1.17 bits per heavy atom. The van der Waals surface area contributed by atoms with Crippen molar-refractivity contribution in [3.63, 3.8) is 0 Å². The molecule has 1 saturated carbocycles. The molecule has 4 atom stereocenters. The van der Waals surface area contributed by atoms with Crippen molar-refractivity contribution in [3.8, 4) is 0 Å². The standard InChI is InChI=1S/C18H14F4O/c1-17(2)18(23-17)11-7-5-3-4-6-8(7)12(18)10-9(11)13(19)15(21)16(22)14(10)20/h3-8,11-12H,1-2H3. The third kappa shape index (κ3) is 1.24. The van der Waals surface area contributed by atoms with Crippen molar-refractivity contribution in [2.24, 2.45) is 11.8 Å². The summed E-state index contributed by atoms with van der Waals surface area (Å²) in [6, 6.07) is 0. The average molecular weight is 322 g/mol. The van der Waals surface area contributed by atoms with Crippen LogP contribution < -0.4 is 0 Å². The van der Waals surface area contributed by atoms with Crippen molar-refractivity contribution in [2.45, 2.75) is 36.9 Å². The molecule has 3 aliphatic carbocycles. The monoisotopic (exact) mass is 322 g/mol. The van der Waals surface area contributed by atoms with Crippen molar-refractivity contribution in [1.29, 1.82) is 0 Å². The van der Waals surface area contributed by atoms with Gasteiger partial charge in [0.2, 0.25) is 0 Å². The summed E-state index contributed by atoms with van der Waals surface area (Å²) in [7, 11) is 0. The van der Waals surface area contributed by atoms with Gasteiger partial charge in [-0.3, -0.25) is 0 Å². The SMILES string of the molecule is CC1(C)OC12C1c3c(F)c(F)c(F)c(F)c3C2C2C=CC=CC21. The Hall–Kier alpha value is -1.62. The second kappa shape index (κ2) is 3.72. The van der Waals surface area contributed by atoms with Crippen LogP contribution in [0.25, 0.3) is 0 Å². The first-order valence-corrected chi connectivity index (χ1v) is 7.74. The Morgan fingerprint density at radius 3 is 1.52 bits per heavy atom. The maximum Gasteiger partial charge on any atom is 0.197 e. The Morgan fingerprint density at radius 1 is 0.783 bits per heavy atom. The van der Waals surface area contributed by atoms with E-state index in [1.807, 2.05) is 38.2 Å². The van der Waals surface area contributed by atoms with E-state index < -0.39 is 46.3 Å². The van der Waals surface area contributed by atoms with Gasteiger partial charge >= 0.3 is 0 Å². The van der Waals surface area contributed by atoms with E-state index in [0.717, 1.165) is 0 Å². The zero-order valence-electron chi connectivity index (χ0n) is 12.5. The molecule has 23 heavy (non-hydrogen) atoms. The fraction of sp³-hybridized carbons (Fsp3) is 0.444. The first-order valence-electron chi connectivity index (χ1n) is 7.74. The van der Waals surface area contributed by atoms with Crippen LogP contribution >= 0.6 is 0 Å². The van der Waals surface area contributed by atoms with E-state index in [1.54, 1.807) is 0 Å². The van der Waals surface area contributed by atoms with Crippen molar-refractivity contribution in [1.82, 2.24) is 0 Å². The van der Waals surface area contributed by atoms with Gasteiger partial charge in [-0.1, -0.05) is 24.3 Å². The van der Waals surface area contributed by atoms with E-state index in [4.69, 9.17) is 4.74 Å². The molecule has 0 amide bonds. The summed E-state index contributed by atoms with van der Waals surface area (Å²) in [4.78, 5) is 0. The summed E-state index contributed by atoms with van der Waals surface area (Å²) in [5.74, 6) is -7.14. The van der Waals surface area contributed by atoms with Crippen LogP contribution in [0.4, 0.5) is 17.6 Å². The zero-order valence-corrected chi connectivity index (χ0v) is 12.5. The largest absolute Gasteiger partial charge is 0.362 e. The third-order valence-corrected chi connectivity index (χ3v) is 6.20. The predicted molar refractivity (Wildman–Crippen MR) is 74.9 cm³/mol. The minimum Gasteiger partial charge on any atom is -0.362 e. The molecule has 1 spiro atoms. The lowest BCUT2D eigenvalue weighted by Gasteiger charge is -2.30. The Balaban J connectivity index is 1.86. The lowest BCUT2D eigenvalue weighted by molar-refractivity contribution is 0.253. The van der Waals surface area contributed by atoms with Gasteiger partial charge in [0.1, 0.15) is 5.60 Å². The lowest BCUT2D eigenvalue weighted by Crippen LogP contribution is -2.25. The fourth-order valence-corrected chi connectivity index (χ4v) is 5.43. The third-order valence-electron chi connectivity index (χ3n) is 6.20. The molecule has 5 heteroatoms. The number of allylic oxidation sites excluding steroid dienone is 4. The molecule has 120 valence electrons. The van der Waals surface area contributed by atoms with E-state index in [1.165, 1.54) is 0 Å². The van der Waals surface area contributed by atoms with Crippen molar-refractivity contribution in [2.75, 3.05) is 0 Å². The molecular formula is C18H14F4O. The molecule has 0 radical (unpaired) electrons. The smallest absolute Gasteiger partial charge is 0.197 e. The maximum absolute atomic E-state index is 14.5. The summed E-state index contributed by atoms with van der Waals surface area (Å²) in [6.45, 7) is 3.73. The molecule has 1 aromatic carbocycles. The Bertz CT molecular complexity index is 766. The van der Waals surface area contributed by atoms with Crippen LogP contribution in [0.2, 0.25) is 0 Å². The number of benzene rings is 1. The normalized spacial score (nSPS) is 40.6. The molecule has 0 aromatic heterocycles. The van der Waals surface area contributed by atoms with Gasteiger partial charge in [0.15, 0.2) is 23.3 Å². The van der Waals surface area contributed by atoms with E-state index in [9.17, 15) is 17.6 Å². The van der Waals surface area contributed by atoms with Crippen molar-refractivity contribution in [3.05, 3.63) is 58.7 Å². The highest BCUT2D eigenvalue weighted by atomic mass is 19.2. The fourth-order valence-electron chi connectivity index (χ4n) is 5.43. The molecule has 1 heterocycles. The Kier molecular flexibility index (Phi) is 2.23. The quantitative estimate of drug-likeness (QED) is 0.299. The van der Waals surface area contributed by atoms with E-state index >= 15 is 0 Å². The highest BCUT2D eigenvalue weighted by Crippen LogP contribution is 2.78. The summed E-state index contributed by atoms with van der Waals surface area (Å²) in [5, 5.41) is 0. The van der Waals surface area contributed by atoms with Crippen LogP contribution in [0.15, 0.2) is 24.3 Å². The number of rotatable bonds is 0. The van der Waals surface area contributed by atoms with Crippen LogP contribution in [-0.2, 0) is 4.74 Å². The number of epoxide rings is 1. The first-order chi connectivity index (χ1) is 10.8. The van der Waals surface area contributed by atoms with Gasteiger partial charge in [-0.2, -0.15) is 0 Å². The molecular weight excluding hydrogens is 308 g/mol. The summed E-state index contributed by atoms with van der Waals surface area (Å²) >= 11 is 0. The van der Waals surface area contributed by atoms with Crippen LogP contribution in [0.5, 0.6) is 0 Å². The molecule has 1 saturated heterocycles. The summed E-state index contributed by atoms with van der Waals surface area (Å²) in [6.07, 6.45) is 7.60. The molecule has 4 unspecified atom stereocenters. The summed E-state index contributed by atoms with van der Waals surface area (Å²) < 4.78 is 62.6. The van der Waals surface area contributed by atoms with Crippen LogP contribution in [0, 0.1) is 35.1 Å². The Labute approximate surface area is 130 Å². The van der Waals surface area contributed by atoms with E-state index in [2.05, 4.69) is 0 Å². The van der Waals surface area contributed by atoms with E-state index in [0.29, 0.717) is 0 Å². The van der Waals surface area contributed by atoms with Crippen LogP contribution in [0.3, 0.4) is 0 Å². The zero-order chi connectivity index (χ0) is 16.3. The van der Waals surface area contributed by atoms with Gasteiger partial charge in [0, 0.05) is 23.0 Å². The molecule has 2 bridgehead atoms. The number of hydrogen-bond donors (Lipinski definition) is 0. The predicted octanol–water partition coefficient (Wildman–Crippen LogP) is 4.34. The minimum absolute atomic E-state index is 0.0295. The molecule has 0 N–H and O–H groups in total. The van der Waals surface area contributed by atoms with Crippen LogP contribution in [-0.4, -0.2) is 11.2 Å². The van der Waals surface area contributed by atoms with Crippen molar-refractivity contribution < 1.29 is 22.3 Å².